The predicted molar refractivity (Wildman–Crippen MR) is 113 cm³/mol. The molecule has 0 spiro atoms. The molecule has 162 valence electrons. The number of hydrogen-bond donors (Lipinski definition) is 0. The van der Waals surface area contributed by atoms with Crippen molar-refractivity contribution >= 4 is 11.9 Å². The molecule has 0 heterocycles. The first-order valence-corrected chi connectivity index (χ1v) is 10.8. The Hall–Kier alpha value is -2.04. The molecule has 0 radical (unpaired) electrons. The third-order valence-electron chi connectivity index (χ3n) is 5.19. The third kappa shape index (κ3) is 8.08. The first-order valence-electron chi connectivity index (χ1n) is 10.8. The molecule has 1 aliphatic rings. The van der Waals surface area contributed by atoms with Gasteiger partial charge in [0.2, 0.25) is 0 Å². The molecule has 0 bridgehead atoms. The fourth-order valence-electron chi connectivity index (χ4n) is 3.79. The first-order chi connectivity index (χ1) is 13.7. The van der Waals surface area contributed by atoms with Gasteiger partial charge in [0, 0.05) is 0 Å². The van der Waals surface area contributed by atoms with Crippen LogP contribution in [-0.2, 0) is 19.1 Å². The highest BCUT2D eigenvalue weighted by atomic mass is 16.6. The predicted octanol–water partition coefficient (Wildman–Crippen LogP) is 5.31. The average Bonchev–Trinajstić information content (AvgIpc) is 2.65. The number of hydrogen-bond acceptors (Lipinski definition) is 5. The second-order valence-electron chi connectivity index (χ2n) is 9.13. The molecule has 5 heteroatoms. The minimum atomic E-state index is -0.566. The second-order valence-corrected chi connectivity index (χ2v) is 9.13. The van der Waals surface area contributed by atoms with Crippen molar-refractivity contribution in [1.29, 1.82) is 0 Å². The Morgan fingerprint density at radius 3 is 2.24 bits per heavy atom. The largest absolute Gasteiger partial charge is 0.487 e. The van der Waals surface area contributed by atoms with Gasteiger partial charge in [-0.3, -0.25) is 9.59 Å². The molecule has 1 aromatic carbocycles. The van der Waals surface area contributed by atoms with E-state index in [9.17, 15) is 9.59 Å². The van der Waals surface area contributed by atoms with E-state index in [2.05, 4.69) is 0 Å². The van der Waals surface area contributed by atoms with Crippen LogP contribution in [0.15, 0.2) is 30.3 Å². The van der Waals surface area contributed by atoms with Gasteiger partial charge >= 0.3 is 11.9 Å². The maximum absolute atomic E-state index is 12.8. The van der Waals surface area contributed by atoms with Gasteiger partial charge < -0.3 is 14.2 Å². The fourth-order valence-corrected chi connectivity index (χ4v) is 3.79. The normalized spacial score (nSPS) is 18.4. The van der Waals surface area contributed by atoms with Gasteiger partial charge in [0.25, 0.3) is 0 Å². The smallest absolute Gasteiger partial charge is 0.309 e. The molecule has 1 fully saturated rings. The molecule has 1 saturated carbocycles. The number of benzene rings is 1. The van der Waals surface area contributed by atoms with Crippen LogP contribution in [0.3, 0.4) is 0 Å². The van der Waals surface area contributed by atoms with E-state index < -0.39 is 11.5 Å². The van der Waals surface area contributed by atoms with Crippen LogP contribution in [-0.4, -0.2) is 29.7 Å². The van der Waals surface area contributed by atoms with Gasteiger partial charge in [-0.2, -0.15) is 0 Å². The van der Waals surface area contributed by atoms with Crippen molar-refractivity contribution < 1.29 is 23.8 Å². The summed E-state index contributed by atoms with van der Waals surface area (Å²) in [5.74, 6) is -0.265. The number of rotatable bonds is 8. The van der Waals surface area contributed by atoms with Crippen molar-refractivity contribution in [2.75, 3.05) is 0 Å². The van der Waals surface area contributed by atoms with Crippen LogP contribution in [0, 0.1) is 11.8 Å². The molecule has 0 N–H and O–H groups in total. The Balaban J connectivity index is 2.02. The quantitative estimate of drug-likeness (QED) is 0.549. The Morgan fingerprint density at radius 1 is 1.03 bits per heavy atom. The van der Waals surface area contributed by atoms with Crippen LogP contribution in [0.2, 0.25) is 0 Å². The van der Waals surface area contributed by atoms with Crippen molar-refractivity contribution in [2.24, 2.45) is 11.8 Å². The van der Waals surface area contributed by atoms with E-state index in [1.54, 1.807) is 6.92 Å². The van der Waals surface area contributed by atoms with Crippen LogP contribution in [0.25, 0.3) is 0 Å². The molecule has 0 aromatic heterocycles. The van der Waals surface area contributed by atoms with E-state index in [1.807, 2.05) is 58.0 Å². The zero-order chi connectivity index (χ0) is 21.4. The molecule has 0 amide bonds. The summed E-state index contributed by atoms with van der Waals surface area (Å²) in [6.45, 7) is 9.12. The van der Waals surface area contributed by atoms with Crippen molar-refractivity contribution in [3.8, 4) is 5.75 Å². The average molecular weight is 405 g/mol. The van der Waals surface area contributed by atoms with E-state index in [4.69, 9.17) is 14.2 Å². The standard InChI is InChI=1S/C24H36O5/c1-17(16-21(25)29-24(3,4)5)23(26)28-22(19-12-8-6-9-13-19)18(2)27-20-14-10-7-11-15-20/h7,10-11,14-15,17-19,22H,6,8-9,12-13,16H2,1-5H3/t17-,18+,22-/m1/s1. The Labute approximate surface area is 175 Å². The second kappa shape index (κ2) is 10.7. The number of carbonyl (C=O) groups is 2. The van der Waals surface area contributed by atoms with Crippen LogP contribution >= 0.6 is 0 Å². The number of para-hydroxylation sites is 1. The van der Waals surface area contributed by atoms with Gasteiger partial charge in [0.15, 0.2) is 0 Å². The lowest BCUT2D eigenvalue weighted by Crippen LogP contribution is -2.41. The molecule has 0 saturated heterocycles. The summed E-state index contributed by atoms with van der Waals surface area (Å²) in [4.78, 5) is 24.8. The fraction of sp³-hybridized carbons (Fsp3) is 0.667. The Morgan fingerprint density at radius 2 is 1.66 bits per heavy atom. The highest BCUT2D eigenvalue weighted by Gasteiger charge is 2.34. The molecule has 1 aromatic rings. The van der Waals surface area contributed by atoms with E-state index in [1.165, 1.54) is 6.42 Å². The Bertz CT molecular complexity index is 643. The first kappa shape index (κ1) is 23.2. The maximum Gasteiger partial charge on any atom is 0.309 e. The van der Waals surface area contributed by atoms with Crippen LogP contribution in [0.1, 0.15) is 73.1 Å². The molecule has 5 nitrogen and oxygen atoms in total. The summed E-state index contributed by atoms with van der Waals surface area (Å²) in [6.07, 6.45) is 4.99. The van der Waals surface area contributed by atoms with Crippen molar-refractivity contribution in [3.63, 3.8) is 0 Å². The monoisotopic (exact) mass is 404 g/mol. The van der Waals surface area contributed by atoms with Crippen LogP contribution in [0.5, 0.6) is 5.75 Å². The number of esters is 2. The summed E-state index contributed by atoms with van der Waals surface area (Å²) < 4.78 is 17.4. The van der Waals surface area contributed by atoms with E-state index in [-0.39, 0.29) is 36.5 Å². The number of carbonyl (C=O) groups excluding carboxylic acids is 2. The summed E-state index contributed by atoms with van der Waals surface area (Å²) in [7, 11) is 0. The van der Waals surface area contributed by atoms with Crippen LogP contribution in [0.4, 0.5) is 0 Å². The summed E-state index contributed by atoms with van der Waals surface area (Å²) in [5.41, 5.74) is -0.566. The van der Waals surface area contributed by atoms with Gasteiger partial charge in [0.05, 0.1) is 12.3 Å². The topological polar surface area (TPSA) is 61.8 Å². The lowest BCUT2D eigenvalue weighted by atomic mass is 9.83. The lowest BCUT2D eigenvalue weighted by Gasteiger charge is -2.34. The maximum atomic E-state index is 12.8. The zero-order valence-electron chi connectivity index (χ0n) is 18.5. The lowest BCUT2D eigenvalue weighted by molar-refractivity contribution is -0.168. The molecule has 1 aliphatic carbocycles. The molecular formula is C24H36O5. The molecule has 29 heavy (non-hydrogen) atoms. The summed E-state index contributed by atoms with van der Waals surface area (Å²) in [5, 5.41) is 0. The van der Waals surface area contributed by atoms with E-state index in [0.29, 0.717) is 0 Å². The van der Waals surface area contributed by atoms with Gasteiger partial charge in [-0.05, 0) is 58.6 Å². The Kier molecular flexibility index (Phi) is 8.54. The molecule has 0 aliphatic heterocycles. The SMILES string of the molecule is C[C@H](CC(=O)OC(C)(C)C)C(=O)O[C@@H](C1CCCCC1)[C@H](C)Oc1ccccc1. The van der Waals surface area contributed by atoms with E-state index >= 15 is 0 Å². The molecule has 3 atom stereocenters. The van der Waals surface area contributed by atoms with Gasteiger partial charge in [-0.1, -0.05) is 44.4 Å². The zero-order valence-corrected chi connectivity index (χ0v) is 18.5. The van der Waals surface area contributed by atoms with Crippen molar-refractivity contribution in [1.82, 2.24) is 0 Å². The number of ether oxygens (including phenoxy) is 3. The molecule has 0 unspecified atom stereocenters. The highest BCUT2D eigenvalue weighted by molar-refractivity contribution is 5.80. The molecular weight excluding hydrogens is 368 g/mol. The van der Waals surface area contributed by atoms with Gasteiger partial charge in [-0.15, -0.1) is 0 Å². The minimum absolute atomic E-state index is 0.0153. The summed E-state index contributed by atoms with van der Waals surface area (Å²) >= 11 is 0. The highest BCUT2D eigenvalue weighted by Crippen LogP contribution is 2.31. The van der Waals surface area contributed by atoms with E-state index in [0.717, 1.165) is 31.4 Å². The van der Waals surface area contributed by atoms with Crippen molar-refractivity contribution in [2.45, 2.75) is 91.0 Å². The van der Waals surface area contributed by atoms with Crippen molar-refractivity contribution in [3.05, 3.63) is 30.3 Å². The third-order valence-corrected chi connectivity index (χ3v) is 5.19. The van der Waals surface area contributed by atoms with Gasteiger partial charge in [0.1, 0.15) is 23.6 Å². The molecule has 2 rings (SSSR count). The van der Waals surface area contributed by atoms with Gasteiger partial charge in [-0.25, -0.2) is 0 Å². The minimum Gasteiger partial charge on any atom is -0.487 e. The van der Waals surface area contributed by atoms with Crippen LogP contribution < -0.4 is 4.74 Å². The summed E-state index contributed by atoms with van der Waals surface area (Å²) in [6, 6.07) is 9.59.